The summed E-state index contributed by atoms with van der Waals surface area (Å²) in [5.74, 6) is 0.104. The van der Waals surface area contributed by atoms with Crippen molar-refractivity contribution >= 4 is 23.2 Å². The topological polar surface area (TPSA) is 71.1 Å². The summed E-state index contributed by atoms with van der Waals surface area (Å²) in [7, 11) is 0. The second-order valence-electron chi connectivity index (χ2n) is 5.72. The Hall–Kier alpha value is -2.21. The van der Waals surface area contributed by atoms with Gasteiger partial charge in [0.15, 0.2) is 0 Å². The van der Waals surface area contributed by atoms with E-state index in [1.807, 2.05) is 6.07 Å². The molecule has 0 unspecified atom stereocenters. The van der Waals surface area contributed by atoms with Crippen LogP contribution in [0.5, 0.6) is 0 Å². The Bertz CT molecular complexity index is 712. The minimum absolute atomic E-state index is 0.264. The van der Waals surface area contributed by atoms with Crippen LogP contribution >= 0.6 is 11.3 Å². The molecule has 2 aromatic heterocycles. The van der Waals surface area contributed by atoms with Gasteiger partial charge in [0.1, 0.15) is 0 Å². The third-order valence-corrected chi connectivity index (χ3v) is 5.45. The van der Waals surface area contributed by atoms with Gasteiger partial charge in [0.25, 0.3) is 11.8 Å². The predicted octanol–water partition coefficient (Wildman–Crippen LogP) is 2.73. The van der Waals surface area contributed by atoms with E-state index in [9.17, 15) is 9.59 Å². The van der Waals surface area contributed by atoms with Gasteiger partial charge in [-0.05, 0) is 48.9 Å². The molecule has 0 bridgehead atoms. The van der Waals surface area contributed by atoms with Crippen LogP contribution in [-0.4, -0.2) is 16.8 Å². The van der Waals surface area contributed by atoms with E-state index >= 15 is 0 Å². The molecule has 0 aliphatic heterocycles. The first-order valence-electron chi connectivity index (χ1n) is 7.79. The van der Waals surface area contributed by atoms with Crippen molar-refractivity contribution in [3.63, 3.8) is 0 Å². The number of nitrogens with zero attached hydrogens (tertiary/aromatic N) is 1. The van der Waals surface area contributed by atoms with Crippen molar-refractivity contribution in [2.24, 2.45) is 5.92 Å². The molecule has 2 amide bonds. The molecule has 120 valence electrons. The second-order valence-corrected chi connectivity index (χ2v) is 6.86. The number of aryl methyl sites for hydroxylation is 1. The number of hydrazine groups is 1. The fourth-order valence-electron chi connectivity index (χ4n) is 2.81. The quantitative estimate of drug-likeness (QED) is 0.851. The van der Waals surface area contributed by atoms with E-state index in [4.69, 9.17) is 0 Å². The highest BCUT2D eigenvalue weighted by Gasteiger charge is 2.22. The Morgan fingerprint density at radius 1 is 1.26 bits per heavy atom. The zero-order valence-electron chi connectivity index (χ0n) is 13.0. The average Bonchev–Trinajstić information content (AvgIpc) is 3.03. The van der Waals surface area contributed by atoms with Crippen molar-refractivity contribution in [3.8, 4) is 0 Å². The van der Waals surface area contributed by atoms with Gasteiger partial charge in [-0.3, -0.25) is 25.4 Å². The lowest BCUT2D eigenvalue weighted by atomic mass is 9.87. The average molecular weight is 329 g/mol. The molecule has 1 aliphatic carbocycles. The molecule has 0 saturated heterocycles. The first-order valence-corrected chi connectivity index (χ1v) is 8.61. The summed E-state index contributed by atoms with van der Waals surface area (Å²) in [6.45, 7) is 2.21. The molecule has 5 nitrogen and oxygen atoms in total. The molecule has 2 N–H and O–H groups in total. The Morgan fingerprint density at radius 2 is 2.00 bits per heavy atom. The van der Waals surface area contributed by atoms with E-state index in [2.05, 4.69) is 22.8 Å². The van der Waals surface area contributed by atoms with Crippen molar-refractivity contribution in [1.29, 1.82) is 0 Å². The van der Waals surface area contributed by atoms with Crippen LogP contribution in [0.4, 0.5) is 0 Å². The van der Waals surface area contributed by atoms with Crippen LogP contribution in [0.15, 0.2) is 30.6 Å². The number of fused-ring (bicyclic) bond motifs is 1. The molecular weight excluding hydrogens is 310 g/mol. The van der Waals surface area contributed by atoms with Crippen molar-refractivity contribution in [2.45, 2.75) is 32.6 Å². The highest BCUT2D eigenvalue weighted by atomic mass is 32.1. The Kier molecular flexibility index (Phi) is 4.71. The second kappa shape index (κ2) is 6.91. The number of pyridine rings is 1. The van der Waals surface area contributed by atoms with Gasteiger partial charge in [0.2, 0.25) is 0 Å². The fourth-order valence-corrected chi connectivity index (χ4v) is 3.91. The maximum atomic E-state index is 12.2. The summed E-state index contributed by atoms with van der Waals surface area (Å²) in [6.07, 6.45) is 7.55. The van der Waals surface area contributed by atoms with Gasteiger partial charge in [-0.2, -0.15) is 0 Å². The Balaban J connectivity index is 1.61. The van der Waals surface area contributed by atoms with Crippen LogP contribution in [-0.2, 0) is 12.8 Å². The minimum Gasteiger partial charge on any atom is -0.267 e. The largest absolute Gasteiger partial charge is 0.279 e. The summed E-state index contributed by atoms with van der Waals surface area (Å²) in [5, 5.41) is 0. The highest BCUT2D eigenvalue weighted by molar-refractivity contribution is 7.14. The number of thiophene rings is 1. The summed E-state index contributed by atoms with van der Waals surface area (Å²) in [6, 6.07) is 5.15. The minimum atomic E-state index is -0.354. The number of aromatic nitrogens is 1. The monoisotopic (exact) mass is 329 g/mol. The third-order valence-electron chi connectivity index (χ3n) is 4.22. The molecule has 1 aliphatic rings. The van der Waals surface area contributed by atoms with Gasteiger partial charge in [-0.15, -0.1) is 11.3 Å². The highest BCUT2D eigenvalue weighted by Crippen LogP contribution is 2.33. The number of hydrogen-bond donors (Lipinski definition) is 2. The molecule has 1 atom stereocenters. The van der Waals surface area contributed by atoms with Crippen LogP contribution in [0.3, 0.4) is 0 Å². The van der Waals surface area contributed by atoms with E-state index < -0.39 is 0 Å². The third kappa shape index (κ3) is 3.59. The van der Waals surface area contributed by atoms with E-state index in [-0.39, 0.29) is 11.8 Å². The first-order chi connectivity index (χ1) is 11.2. The van der Waals surface area contributed by atoms with Gasteiger partial charge in [0, 0.05) is 22.8 Å². The molecule has 6 heteroatoms. The van der Waals surface area contributed by atoms with Crippen molar-refractivity contribution in [3.05, 3.63) is 51.5 Å². The van der Waals surface area contributed by atoms with Crippen molar-refractivity contribution in [2.75, 3.05) is 0 Å². The maximum absolute atomic E-state index is 12.2. The Labute approximate surface area is 139 Å². The number of carbonyl (C=O) groups excluding carboxylic acids is 2. The lowest BCUT2D eigenvalue weighted by Gasteiger charge is -2.19. The molecule has 2 aromatic rings. The number of amides is 2. The molecule has 23 heavy (non-hydrogen) atoms. The zero-order chi connectivity index (χ0) is 16.2. The molecule has 3 rings (SSSR count). The van der Waals surface area contributed by atoms with Crippen molar-refractivity contribution < 1.29 is 9.59 Å². The lowest BCUT2D eigenvalue weighted by molar-refractivity contribution is 0.0849. The van der Waals surface area contributed by atoms with E-state index in [1.54, 1.807) is 12.1 Å². The van der Waals surface area contributed by atoms with E-state index in [0.29, 0.717) is 10.4 Å². The van der Waals surface area contributed by atoms with Crippen LogP contribution in [0, 0.1) is 5.92 Å². The van der Waals surface area contributed by atoms with E-state index in [1.165, 1.54) is 47.0 Å². The summed E-state index contributed by atoms with van der Waals surface area (Å²) >= 11 is 1.53. The number of carbonyl (C=O) groups is 2. The summed E-state index contributed by atoms with van der Waals surface area (Å²) < 4.78 is 0. The molecule has 0 saturated carbocycles. The number of nitrogens with one attached hydrogen (secondary N) is 2. The van der Waals surface area contributed by atoms with E-state index in [0.717, 1.165) is 18.8 Å². The van der Waals surface area contributed by atoms with Gasteiger partial charge < -0.3 is 0 Å². The zero-order valence-corrected chi connectivity index (χ0v) is 13.8. The molecule has 0 fully saturated rings. The standard InChI is InChI=1S/C17H19N3O2S/c1-2-11-3-4-14-13(9-11)10-15(23-14)17(22)20-19-16(21)12-5-7-18-8-6-12/h5-8,10-11H,2-4,9H2,1H3,(H,19,21)(H,20,22)/t11-/m0/s1. The maximum Gasteiger partial charge on any atom is 0.279 e. The normalized spacial score (nSPS) is 16.5. The predicted molar refractivity (Wildman–Crippen MR) is 89.3 cm³/mol. The van der Waals surface area contributed by atoms with Crippen molar-refractivity contribution in [1.82, 2.24) is 15.8 Å². The Morgan fingerprint density at radius 3 is 2.74 bits per heavy atom. The number of hydrogen-bond acceptors (Lipinski definition) is 4. The first kappa shape index (κ1) is 15.7. The smallest absolute Gasteiger partial charge is 0.267 e. The van der Waals surface area contributed by atoms with Crippen LogP contribution in [0.2, 0.25) is 0 Å². The molecule has 0 aromatic carbocycles. The molecular formula is C17H19N3O2S. The fraction of sp³-hybridized carbons (Fsp3) is 0.353. The van der Waals surface area contributed by atoms with Gasteiger partial charge in [-0.25, -0.2) is 0 Å². The summed E-state index contributed by atoms with van der Waals surface area (Å²) in [5.41, 5.74) is 6.67. The SMILES string of the molecule is CC[C@H]1CCc2sc(C(=O)NNC(=O)c3ccncc3)cc2C1. The molecule has 0 radical (unpaired) electrons. The van der Waals surface area contributed by atoms with Gasteiger partial charge >= 0.3 is 0 Å². The summed E-state index contributed by atoms with van der Waals surface area (Å²) in [4.78, 5) is 29.9. The molecule has 0 spiro atoms. The lowest BCUT2D eigenvalue weighted by Crippen LogP contribution is -2.41. The molecule has 2 heterocycles. The van der Waals surface area contributed by atoms with Crippen LogP contribution in [0.1, 0.15) is 50.2 Å². The van der Waals surface area contributed by atoms with Crippen LogP contribution < -0.4 is 10.9 Å². The van der Waals surface area contributed by atoms with Crippen LogP contribution in [0.25, 0.3) is 0 Å². The number of rotatable bonds is 3. The van der Waals surface area contributed by atoms with Gasteiger partial charge in [-0.1, -0.05) is 13.3 Å². The van der Waals surface area contributed by atoms with Gasteiger partial charge in [0.05, 0.1) is 4.88 Å².